The van der Waals surface area contributed by atoms with Gasteiger partial charge in [0.2, 0.25) is 0 Å². The first-order chi connectivity index (χ1) is 28.1. The van der Waals surface area contributed by atoms with Crippen molar-refractivity contribution in [1.29, 1.82) is 0 Å². The quantitative estimate of drug-likeness (QED) is 0.0232. The number of carbonyl (C=O) groups is 3. The number of hydrogen-bond donors (Lipinski definition) is 3. The second kappa shape index (κ2) is 40.7. The number of rotatable bonds is 40. The number of ether oxygens (including phenoxy) is 2. The molecule has 3 unspecified atom stereocenters. The molecule has 12 heteroatoms. The number of hydrogen-bond acceptors (Lipinski definition) is 9. The second-order valence-corrected chi connectivity index (χ2v) is 15.9. The molecule has 0 aromatic heterocycles. The summed E-state index contributed by atoms with van der Waals surface area (Å²) >= 11 is 0. The van der Waals surface area contributed by atoms with E-state index in [0.717, 1.165) is 57.8 Å². The fraction of sp³-hybridized carbons (Fsp3) is 0.674. The van der Waals surface area contributed by atoms with Crippen LogP contribution in [0.3, 0.4) is 0 Å². The van der Waals surface area contributed by atoms with Crippen molar-refractivity contribution in [2.45, 2.75) is 180 Å². The molecule has 0 saturated heterocycles. The minimum atomic E-state index is -4.73. The molecule has 0 aromatic rings. The molecule has 0 heterocycles. The molecule has 0 aliphatic rings. The minimum absolute atomic E-state index is 0.0947. The normalized spacial score (nSPS) is 14.4. The van der Waals surface area contributed by atoms with Crippen LogP contribution in [0.1, 0.15) is 168 Å². The van der Waals surface area contributed by atoms with E-state index < -0.39 is 51.1 Å². The van der Waals surface area contributed by atoms with Crippen LogP contribution in [0.2, 0.25) is 0 Å². The number of phosphoric ester groups is 1. The van der Waals surface area contributed by atoms with Gasteiger partial charge in [0.05, 0.1) is 13.2 Å². The summed E-state index contributed by atoms with van der Waals surface area (Å²) in [5.74, 6) is -2.49. The summed E-state index contributed by atoms with van der Waals surface area (Å²) < 4.78 is 32.6. The highest BCUT2D eigenvalue weighted by atomic mass is 31.2. The molecule has 0 bridgehead atoms. The number of unbranched alkanes of at least 4 members (excludes halogenated alkanes) is 14. The number of carbonyl (C=O) groups excluding carboxylic acids is 2. The van der Waals surface area contributed by atoms with Crippen LogP contribution >= 0.6 is 7.82 Å². The lowest BCUT2D eigenvalue weighted by Crippen LogP contribution is -2.34. The maximum atomic E-state index is 12.6. The van der Waals surface area contributed by atoms with Gasteiger partial charge in [-0.05, 0) is 51.4 Å². The maximum Gasteiger partial charge on any atom is 0.472 e. The van der Waals surface area contributed by atoms with Crippen molar-refractivity contribution in [2.24, 2.45) is 5.73 Å². The van der Waals surface area contributed by atoms with E-state index in [4.69, 9.17) is 24.8 Å². The van der Waals surface area contributed by atoms with E-state index in [1.54, 1.807) is 0 Å². The van der Waals surface area contributed by atoms with E-state index in [9.17, 15) is 23.8 Å². The summed E-state index contributed by atoms with van der Waals surface area (Å²) in [6.45, 7) is 2.61. The van der Waals surface area contributed by atoms with Crippen LogP contribution in [0.5, 0.6) is 0 Å². The molecular weight excluding hydrogens is 757 g/mol. The van der Waals surface area contributed by atoms with Gasteiger partial charge in [0.1, 0.15) is 12.6 Å². The smallest absolute Gasteiger partial charge is 0.472 e. The fourth-order valence-corrected chi connectivity index (χ4v) is 6.34. The molecule has 58 heavy (non-hydrogen) atoms. The lowest BCUT2D eigenvalue weighted by Gasteiger charge is -2.20. The Hall–Kier alpha value is -3.08. The molecule has 0 aromatic carbocycles. The number of aliphatic carboxylic acids is 1. The molecule has 0 spiro atoms. The van der Waals surface area contributed by atoms with Crippen molar-refractivity contribution in [2.75, 3.05) is 19.8 Å². The molecule has 0 amide bonds. The van der Waals surface area contributed by atoms with Gasteiger partial charge in [-0.3, -0.25) is 23.4 Å². The number of carboxylic acids is 1. The van der Waals surface area contributed by atoms with Crippen LogP contribution in [0.4, 0.5) is 0 Å². The summed E-state index contributed by atoms with van der Waals surface area (Å²) in [5.41, 5.74) is 5.33. The Morgan fingerprint density at radius 2 is 0.966 bits per heavy atom. The molecular formula is C46H78NO10P. The lowest BCUT2D eigenvalue weighted by atomic mass is 10.0. The molecule has 0 fully saturated rings. The SMILES string of the molecule is CCC=CCC=CCC=CCC=CCC=CCC=CCCC(=O)OCC(COP(=O)(O)OCC(N)C(=O)O)OC(=O)CCCCCCCCCCCCCCCCC. The molecule has 0 rings (SSSR count). The third-order valence-electron chi connectivity index (χ3n) is 8.98. The van der Waals surface area contributed by atoms with Crippen molar-refractivity contribution in [3.63, 3.8) is 0 Å². The molecule has 0 aliphatic heterocycles. The van der Waals surface area contributed by atoms with Gasteiger partial charge in [-0.25, -0.2) is 4.57 Å². The average Bonchev–Trinajstić information content (AvgIpc) is 3.20. The van der Waals surface area contributed by atoms with Crippen LogP contribution in [0.15, 0.2) is 72.9 Å². The van der Waals surface area contributed by atoms with Crippen molar-refractivity contribution < 1.29 is 47.5 Å². The zero-order chi connectivity index (χ0) is 42.8. The highest BCUT2D eigenvalue weighted by molar-refractivity contribution is 7.47. The summed E-state index contributed by atoms with van der Waals surface area (Å²) in [5, 5.41) is 8.89. The fourth-order valence-electron chi connectivity index (χ4n) is 5.56. The monoisotopic (exact) mass is 836 g/mol. The van der Waals surface area contributed by atoms with Gasteiger partial charge in [0, 0.05) is 12.8 Å². The largest absolute Gasteiger partial charge is 0.480 e. The number of phosphoric acid groups is 1. The highest BCUT2D eigenvalue weighted by Crippen LogP contribution is 2.43. The first-order valence-corrected chi connectivity index (χ1v) is 23.5. The predicted molar refractivity (Wildman–Crippen MR) is 235 cm³/mol. The number of carboxylic acid groups (broad SMARTS) is 1. The van der Waals surface area contributed by atoms with Crippen LogP contribution in [0, 0.1) is 0 Å². The third kappa shape index (κ3) is 39.7. The molecule has 3 atom stereocenters. The maximum absolute atomic E-state index is 12.6. The van der Waals surface area contributed by atoms with Gasteiger partial charge in [0.15, 0.2) is 6.10 Å². The number of nitrogens with two attached hydrogens (primary N) is 1. The van der Waals surface area contributed by atoms with Gasteiger partial charge in [0.25, 0.3) is 0 Å². The van der Waals surface area contributed by atoms with E-state index in [-0.39, 0.29) is 19.4 Å². The van der Waals surface area contributed by atoms with Crippen molar-refractivity contribution in [3.8, 4) is 0 Å². The Balaban J connectivity index is 4.48. The first kappa shape index (κ1) is 54.9. The van der Waals surface area contributed by atoms with Gasteiger partial charge >= 0.3 is 25.7 Å². The standard InChI is InChI=1S/C46H78NO10P/c1-3-5-7-9-11-13-15-17-19-20-21-22-24-25-27-29-31-33-35-37-44(48)54-39-42(40-55-58(52,53)56-41-43(47)46(50)51)57-45(49)38-36-34-32-30-28-26-23-18-16-14-12-10-8-6-4-2/h5,7,11,13,17,19,21-22,25,27,31,33,42-43H,3-4,6,8-10,12,14-16,18,20,23-24,26,28-30,32,34-41,47H2,1-2H3,(H,50,51)(H,52,53). The van der Waals surface area contributed by atoms with Crippen LogP contribution in [-0.2, 0) is 37.5 Å². The van der Waals surface area contributed by atoms with Gasteiger partial charge < -0.3 is 25.2 Å². The minimum Gasteiger partial charge on any atom is -0.480 e. The molecule has 0 saturated carbocycles. The van der Waals surface area contributed by atoms with Gasteiger partial charge in [-0.15, -0.1) is 0 Å². The predicted octanol–water partition coefficient (Wildman–Crippen LogP) is 11.7. The third-order valence-corrected chi connectivity index (χ3v) is 9.93. The molecule has 0 aliphatic carbocycles. The Bertz CT molecular complexity index is 1260. The highest BCUT2D eigenvalue weighted by Gasteiger charge is 2.28. The zero-order valence-corrected chi connectivity index (χ0v) is 36.8. The average molecular weight is 836 g/mol. The van der Waals surface area contributed by atoms with Crippen molar-refractivity contribution >= 4 is 25.7 Å². The van der Waals surface area contributed by atoms with E-state index >= 15 is 0 Å². The lowest BCUT2D eigenvalue weighted by molar-refractivity contribution is -0.161. The van der Waals surface area contributed by atoms with Crippen LogP contribution in [-0.4, -0.2) is 59.9 Å². The molecule has 0 radical (unpaired) electrons. The van der Waals surface area contributed by atoms with E-state index in [2.05, 4.69) is 79.1 Å². The summed E-state index contributed by atoms with van der Waals surface area (Å²) in [7, 11) is -4.73. The summed E-state index contributed by atoms with van der Waals surface area (Å²) in [6, 6.07) is -1.53. The second-order valence-electron chi connectivity index (χ2n) is 14.5. The van der Waals surface area contributed by atoms with Crippen molar-refractivity contribution in [3.05, 3.63) is 72.9 Å². The summed E-state index contributed by atoms with van der Waals surface area (Å²) in [6.07, 6.45) is 48.4. The Labute approximate surface area is 350 Å². The Morgan fingerprint density at radius 3 is 1.41 bits per heavy atom. The van der Waals surface area contributed by atoms with Crippen molar-refractivity contribution in [1.82, 2.24) is 0 Å². The van der Waals surface area contributed by atoms with Crippen LogP contribution < -0.4 is 5.73 Å². The first-order valence-electron chi connectivity index (χ1n) is 22.0. The molecule has 4 N–H and O–H groups in total. The molecule has 332 valence electrons. The Morgan fingerprint density at radius 1 is 0.552 bits per heavy atom. The van der Waals surface area contributed by atoms with E-state index in [1.165, 1.54) is 70.6 Å². The number of esters is 2. The van der Waals surface area contributed by atoms with Crippen LogP contribution in [0.25, 0.3) is 0 Å². The number of allylic oxidation sites excluding steroid dienone is 12. The Kier molecular flexibility index (Phi) is 38.5. The van der Waals surface area contributed by atoms with E-state index in [1.807, 2.05) is 12.2 Å². The van der Waals surface area contributed by atoms with Gasteiger partial charge in [-0.2, -0.15) is 0 Å². The topological polar surface area (TPSA) is 172 Å². The molecule has 11 nitrogen and oxygen atoms in total. The van der Waals surface area contributed by atoms with Gasteiger partial charge in [-0.1, -0.05) is 177 Å². The van der Waals surface area contributed by atoms with E-state index in [0.29, 0.717) is 12.8 Å². The zero-order valence-electron chi connectivity index (χ0n) is 35.9. The summed E-state index contributed by atoms with van der Waals surface area (Å²) in [4.78, 5) is 45.9.